The van der Waals surface area contributed by atoms with Crippen molar-refractivity contribution in [1.82, 2.24) is 25.6 Å². The van der Waals surface area contributed by atoms with Crippen LogP contribution < -0.4 is 20.9 Å². The van der Waals surface area contributed by atoms with E-state index in [1.807, 2.05) is 35.9 Å². The second-order valence-electron chi connectivity index (χ2n) is 7.93. The summed E-state index contributed by atoms with van der Waals surface area (Å²) in [4.78, 5) is 22.7. The molecular formula is C24H30N6O3. The van der Waals surface area contributed by atoms with Crippen molar-refractivity contribution < 1.29 is 14.4 Å². The largest absolute Gasteiger partial charge is 0.497 e. The van der Waals surface area contributed by atoms with Crippen molar-refractivity contribution in [1.29, 1.82) is 0 Å². The maximum absolute atomic E-state index is 13.2. The molecule has 9 nitrogen and oxygen atoms in total. The fourth-order valence-corrected chi connectivity index (χ4v) is 4.00. The molecule has 1 atom stereocenters. The van der Waals surface area contributed by atoms with Gasteiger partial charge in [-0.3, -0.25) is 15.1 Å². The number of aryl methyl sites for hydroxylation is 1. The number of hydrogen-bond donors (Lipinski definition) is 3. The Morgan fingerprint density at radius 3 is 2.70 bits per heavy atom. The standard InChI is InChI=1S/C24H30N6O3/c1-4-30-23-20(15-27-30)22(28-17-7-9-18(10-8-17)29-33-3)21(14-25-23)24(31)26-13-16-5-11-19(32-2)12-6-16/h5-6,9,11-12,14-15,17,29H,4,7-8,10,13H2,1-3H3,(H,25,28)(H,26,31). The van der Waals surface area contributed by atoms with Gasteiger partial charge >= 0.3 is 0 Å². The lowest BCUT2D eigenvalue weighted by atomic mass is 9.98. The second-order valence-corrected chi connectivity index (χ2v) is 7.93. The predicted molar refractivity (Wildman–Crippen MR) is 127 cm³/mol. The fourth-order valence-electron chi connectivity index (χ4n) is 4.00. The highest BCUT2D eigenvalue weighted by Gasteiger charge is 2.22. The van der Waals surface area contributed by atoms with Crippen LogP contribution in [0.15, 0.2) is 48.4 Å². The second kappa shape index (κ2) is 10.4. The number of hydrogen-bond acceptors (Lipinski definition) is 7. The van der Waals surface area contributed by atoms with Crippen LogP contribution in [-0.2, 0) is 17.9 Å². The van der Waals surface area contributed by atoms with Gasteiger partial charge in [0.25, 0.3) is 5.91 Å². The molecule has 1 aliphatic carbocycles. The van der Waals surface area contributed by atoms with Crippen molar-refractivity contribution in [3.63, 3.8) is 0 Å². The van der Waals surface area contributed by atoms with E-state index >= 15 is 0 Å². The first-order valence-corrected chi connectivity index (χ1v) is 11.1. The molecule has 174 valence electrons. The van der Waals surface area contributed by atoms with Crippen molar-refractivity contribution in [3.8, 4) is 5.75 Å². The molecule has 0 saturated carbocycles. The number of nitrogens with one attached hydrogen (secondary N) is 3. The Balaban J connectivity index is 1.56. The van der Waals surface area contributed by atoms with Gasteiger partial charge in [0, 0.05) is 31.0 Å². The molecule has 0 fully saturated rings. The quantitative estimate of drug-likeness (QED) is 0.430. The van der Waals surface area contributed by atoms with Gasteiger partial charge in [0.1, 0.15) is 5.75 Å². The van der Waals surface area contributed by atoms with Gasteiger partial charge in [0.15, 0.2) is 5.65 Å². The van der Waals surface area contributed by atoms with E-state index in [4.69, 9.17) is 9.57 Å². The van der Waals surface area contributed by atoms with E-state index in [0.29, 0.717) is 18.7 Å². The molecule has 2 heterocycles. The molecule has 33 heavy (non-hydrogen) atoms. The Kier molecular flexibility index (Phi) is 7.09. The van der Waals surface area contributed by atoms with Crippen molar-refractivity contribution in [2.75, 3.05) is 19.5 Å². The highest BCUT2D eigenvalue weighted by atomic mass is 16.6. The summed E-state index contributed by atoms with van der Waals surface area (Å²) < 4.78 is 7.03. The summed E-state index contributed by atoms with van der Waals surface area (Å²) in [5.74, 6) is 0.601. The van der Waals surface area contributed by atoms with E-state index in [-0.39, 0.29) is 11.9 Å². The lowest BCUT2D eigenvalue weighted by Crippen LogP contribution is -2.28. The average Bonchev–Trinajstić information content (AvgIpc) is 3.28. The first kappa shape index (κ1) is 22.6. The number of amides is 1. The number of methoxy groups -OCH3 is 1. The van der Waals surface area contributed by atoms with Crippen molar-refractivity contribution in [2.45, 2.75) is 45.3 Å². The molecule has 3 aromatic rings. The van der Waals surface area contributed by atoms with Gasteiger partial charge in [-0.15, -0.1) is 0 Å². The van der Waals surface area contributed by atoms with Crippen LogP contribution >= 0.6 is 0 Å². The lowest BCUT2D eigenvalue weighted by Gasteiger charge is -2.25. The normalized spacial score (nSPS) is 15.7. The van der Waals surface area contributed by atoms with Crippen molar-refractivity contribution in [2.24, 2.45) is 0 Å². The number of nitrogens with zero attached hydrogens (tertiary/aromatic N) is 3. The van der Waals surface area contributed by atoms with Crippen LogP contribution in [0.3, 0.4) is 0 Å². The third-order valence-electron chi connectivity index (χ3n) is 5.82. The Bertz CT molecular complexity index is 1140. The van der Waals surface area contributed by atoms with E-state index in [9.17, 15) is 4.79 Å². The summed E-state index contributed by atoms with van der Waals surface area (Å²) in [6.07, 6.45) is 8.16. The molecule has 1 unspecified atom stereocenters. The Morgan fingerprint density at radius 2 is 2.03 bits per heavy atom. The molecule has 0 radical (unpaired) electrons. The molecule has 0 saturated heterocycles. The number of anilines is 1. The zero-order valence-electron chi connectivity index (χ0n) is 19.2. The van der Waals surface area contributed by atoms with Gasteiger partial charge < -0.3 is 15.4 Å². The molecule has 1 amide bonds. The Morgan fingerprint density at radius 1 is 1.21 bits per heavy atom. The number of benzene rings is 1. The number of aromatic nitrogens is 3. The van der Waals surface area contributed by atoms with Crippen LogP contribution in [0.25, 0.3) is 11.0 Å². The molecule has 1 aromatic carbocycles. The number of fused-ring (bicyclic) bond motifs is 1. The fraction of sp³-hybridized carbons (Fsp3) is 0.375. The smallest absolute Gasteiger partial charge is 0.255 e. The third-order valence-corrected chi connectivity index (χ3v) is 5.82. The van der Waals surface area contributed by atoms with Crippen LogP contribution in [0.5, 0.6) is 5.75 Å². The summed E-state index contributed by atoms with van der Waals surface area (Å²) in [6, 6.07) is 7.82. The topological polar surface area (TPSA) is 102 Å². The van der Waals surface area contributed by atoms with E-state index in [2.05, 4.69) is 32.3 Å². The van der Waals surface area contributed by atoms with Gasteiger partial charge in [-0.25, -0.2) is 9.67 Å². The molecular weight excluding hydrogens is 420 g/mol. The van der Waals surface area contributed by atoms with Gasteiger partial charge in [-0.1, -0.05) is 18.2 Å². The Labute approximate surface area is 193 Å². The average molecular weight is 451 g/mol. The maximum atomic E-state index is 13.2. The zero-order valence-corrected chi connectivity index (χ0v) is 19.2. The SMILES string of the molecule is CCn1ncc2c(NC3CC=C(NOC)CC3)c(C(=O)NCc3ccc(OC)cc3)cnc21. The van der Waals surface area contributed by atoms with Gasteiger partial charge in [-0.2, -0.15) is 5.10 Å². The molecule has 1 aliphatic rings. The number of hydroxylamine groups is 1. The van der Waals surface area contributed by atoms with Gasteiger partial charge in [-0.05, 0) is 43.9 Å². The number of carbonyl (C=O) groups is 1. The van der Waals surface area contributed by atoms with Crippen LogP contribution in [0.1, 0.15) is 42.1 Å². The monoisotopic (exact) mass is 450 g/mol. The summed E-state index contributed by atoms with van der Waals surface area (Å²) in [6.45, 7) is 3.14. The number of rotatable bonds is 9. The number of pyridine rings is 1. The highest BCUT2D eigenvalue weighted by molar-refractivity contribution is 6.06. The number of ether oxygens (including phenoxy) is 1. The van der Waals surface area contributed by atoms with E-state index < -0.39 is 0 Å². The van der Waals surface area contributed by atoms with Crippen molar-refractivity contribution >= 4 is 22.6 Å². The predicted octanol–water partition coefficient (Wildman–Crippen LogP) is 3.39. The molecule has 0 spiro atoms. The molecule has 9 heteroatoms. The molecule has 0 bridgehead atoms. The first-order valence-electron chi connectivity index (χ1n) is 11.1. The summed E-state index contributed by atoms with van der Waals surface area (Å²) >= 11 is 0. The third kappa shape index (κ3) is 5.09. The van der Waals surface area contributed by atoms with Gasteiger partial charge in [0.05, 0.1) is 37.1 Å². The molecule has 4 rings (SSSR count). The minimum absolute atomic E-state index is 0.181. The zero-order chi connectivity index (χ0) is 23.2. The van der Waals surface area contributed by atoms with Crippen LogP contribution in [0, 0.1) is 0 Å². The molecule has 3 N–H and O–H groups in total. The maximum Gasteiger partial charge on any atom is 0.255 e. The van der Waals surface area contributed by atoms with E-state index in [1.165, 1.54) is 0 Å². The molecule has 2 aromatic heterocycles. The summed E-state index contributed by atoms with van der Waals surface area (Å²) in [5.41, 5.74) is 7.03. The number of allylic oxidation sites excluding steroid dienone is 1. The minimum Gasteiger partial charge on any atom is -0.497 e. The molecule has 0 aliphatic heterocycles. The Hall–Kier alpha value is -3.59. The van der Waals surface area contributed by atoms with Crippen LogP contribution in [0.4, 0.5) is 5.69 Å². The lowest BCUT2D eigenvalue weighted by molar-refractivity contribution is 0.0951. The van der Waals surface area contributed by atoms with E-state index in [1.54, 1.807) is 26.6 Å². The van der Waals surface area contributed by atoms with Crippen LogP contribution in [-0.4, -0.2) is 40.9 Å². The summed E-state index contributed by atoms with van der Waals surface area (Å²) in [5, 5.41) is 11.9. The number of carbonyl (C=O) groups excluding carboxylic acids is 1. The summed E-state index contributed by atoms with van der Waals surface area (Å²) in [7, 11) is 3.24. The van der Waals surface area contributed by atoms with E-state index in [0.717, 1.165) is 53.0 Å². The highest BCUT2D eigenvalue weighted by Crippen LogP contribution is 2.29. The van der Waals surface area contributed by atoms with Crippen LogP contribution in [0.2, 0.25) is 0 Å². The minimum atomic E-state index is -0.181. The first-order chi connectivity index (χ1) is 16.1. The van der Waals surface area contributed by atoms with Gasteiger partial charge in [0.2, 0.25) is 0 Å². The van der Waals surface area contributed by atoms with Crippen molar-refractivity contribution in [3.05, 3.63) is 59.6 Å².